The number of benzene rings is 2. The van der Waals surface area contributed by atoms with Crippen LogP contribution in [0.2, 0.25) is 19.6 Å². The number of rotatable bonds is 2. The van der Waals surface area contributed by atoms with Crippen LogP contribution in [-0.4, -0.2) is 13.2 Å². The Hall–Kier alpha value is -1.80. The van der Waals surface area contributed by atoms with Gasteiger partial charge in [0.1, 0.15) is 5.75 Å². The molecule has 1 N–H and O–H groups in total. The third kappa shape index (κ3) is 2.20. The third-order valence-electron chi connectivity index (χ3n) is 4.02. The van der Waals surface area contributed by atoms with E-state index in [0.29, 0.717) is 11.7 Å². The maximum Gasteiger partial charge on any atom is 0.115 e. The Kier molecular flexibility index (Phi) is 3.06. The quantitative estimate of drug-likeness (QED) is 0.784. The van der Waals surface area contributed by atoms with Gasteiger partial charge >= 0.3 is 0 Å². The first-order chi connectivity index (χ1) is 9.47. The topological polar surface area (TPSA) is 20.2 Å². The second-order valence-corrected chi connectivity index (χ2v) is 11.6. The minimum atomic E-state index is -1.38. The third-order valence-corrected chi connectivity index (χ3v) is 6.19. The number of allylic oxidation sites excluding steroid dienone is 1. The number of hydrogen-bond donors (Lipinski definition) is 1. The fourth-order valence-electron chi connectivity index (χ4n) is 3.00. The highest BCUT2D eigenvalue weighted by Crippen LogP contribution is 2.44. The van der Waals surface area contributed by atoms with Gasteiger partial charge in [0.05, 0.1) is 8.07 Å². The normalized spacial score (nSPS) is 17.8. The Balaban J connectivity index is 2.15. The Bertz CT molecular complexity index is 663. The van der Waals surface area contributed by atoms with Crippen LogP contribution in [0.25, 0.3) is 6.08 Å². The molecule has 20 heavy (non-hydrogen) atoms. The number of hydrogen-bond acceptors (Lipinski definition) is 1. The molecule has 1 unspecified atom stereocenters. The van der Waals surface area contributed by atoms with Crippen molar-refractivity contribution in [3.8, 4) is 5.75 Å². The van der Waals surface area contributed by atoms with Crippen molar-refractivity contribution in [2.24, 2.45) is 0 Å². The van der Waals surface area contributed by atoms with Crippen LogP contribution in [0, 0.1) is 0 Å². The zero-order valence-electron chi connectivity index (χ0n) is 12.2. The van der Waals surface area contributed by atoms with Crippen LogP contribution in [0.1, 0.15) is 22.6 Å². The summed E-state index contributed by atoms with van der Waals surface area (Å²) in [4.78, 5) is 0. The molecule has 0 saturated heterocycles. The Morgan fingerprint density at radius 3 is 2.20 bits per heavy atom. The van der Waals surface area contributed by atoms with E-state index >= 15 is 0 Å². The highest BCUT2D eigenvalue weighted by molar-refractivity contribution is 6.84. The van der Waals surface area contributed by atoms with E-state index in [1.165, 1.54) is 16.7 Å². The van der Waals surface area contributed by atoms with E-state index in [2.05, 4.69) is 62.1 Å². The van der Waals surface area contributed by atoms with Gasteiger partial charge in [0.2, 0.25) is 0 Å². The van der Waals surface area contributed by atoms with Crippen molar-refractivity contribution >= 4 is 14.1 Å². The SMILES string of the molecule is C[Si](C)(C)C1=Cc2ccccc2C1c1ccc(O)cc1. The summed E-state index contributed by atoms with van der Waals surface area (Å²) in [6.07, 6.45) is 2.39. The van der Waals surface area contributed by atoms with Crippen LogP contribution in [0.15, 0.2) is 53.7 Å². The summed E-state index contributed by atoms with van der Waals surface area (Å²) in [6, 6.07) is 16.3. The first-order valence-electron chi connectivity index (χ1n) is 7.07. The van der Waals surface area contributed by atoms with Gasteiger partial charge < -0.3 is 5.11 Å². The summed E-state index contributed by atoms with van der Waals surface area (Å²) in [6.45, 7) is 7.20. The zero-order valence-corrected chi connectivity index (χ0v) is 13.2. The first-order valence-corrected chi connectivity index (χ1v) is 10.6. The van der Waals surface area contributed by atoms with Gasteiger partial charge in [-0.3, -0.25) is 0 Å². The zero-order chi connectivity index (χ0) is 14.3. The van der Waals surface area contributed by atoms with Crippen molar-refractivity contribution in [1.82, 2.24) is 0 Å². The van der Waals surface area contributed by atoms with E-state index in [1.54, 1.807) is 17.3 Å². The molecule has 2 aromatic carbocycles. The van der Waals surface area contributed by atoms with Gasteiger partial charge in [-0.05, 0) is 28.8 Å². The van der Waals surface area contributed by atoms with Gasteiger partial charge in [0.25, 0.3) is 0 Å². The molecular formula is C18H20OSi. The fraction of sp³-hybridized carbons (Fsp3) is 0.222. The smallest absolute Gasteiger partial charge is 0.115 e. The van der Waals surface area contributed by atoms with E-state index in [-0.39, 0.29) is 0 Å². The number of aromatic hydroxyl groups is 1. The minimum absolute atomic E-state index is 0.332. The summed E-state index contributed by atoms with van der Waals surface area (Å²) in [5, 5.41) is 11.1. The minimum Gasteiger partial charge on any atom is -0.508 e. The van der Waals surface area contributed by atoms with E-state index < -0.39 is 8.07 Å². The van der Waals surface area contributed by atoms with Gasteiger partial charge in [-0.15, -0.1) is 0 Å². The molecule has 0 bridgehead atoms. The summed E-state index contributed by atoms with van der Waals surface area (Å²) in [5.74, 6) is 0.692. The van der Waals surface area contributed by atoms with Gasteiger partial charge in [-0.2, -0.15) is 0 Å². The van der Waals surface area contributed by atoms with Crippen molar-refractivity contribution in [3.05, 3.63) is 70.4 Å². The van der Waals surface area contributed by atoms with Crippen LogP contribution in [-0.2, 0) is 0 Å². The van der Waals surface area contributed by atoms with Crippen LogP contribution >= 0.6 is 0 Å². The van der Waals surface area contributed by atoms with Gasteiger partial charge in [0, 0.05) is 5.92 Å². The van der Waals surface area contributed by atoms with E-state index in [9.17, 15) is 5.11 Å². The largest absolute Gasteiger partial charge is 0.508 e. The van der Waals surface area contributed by atoms with Crippen LogP contribution < -0.4 is 0 Å². The van der Waals surface area contributed by atoms with E-state index in [4.69, 9.17) is 0 Å². The molecule has 0 fully saturated rings. The number of phenols is 1. The maximum absolute atomic E-state index is 9.51. The summed E-state index contributed by atoms with van der Waals surface area (Å²) in [5.41, 5.74) is 4.03. The Morgan fingerprint density at radius 2 is 1.55 bits per heavy atom. The second-order valence-electron chi connectivity index (χ2n) is 6.50. The Morgan fingerprint density at radius 1 is 0.900 bits per heavy atom. The molecule has 0 aromatic heterocycles. The van der Waals surface area contributed by atoms with Crippen molar-refractivity contribution in [1.29, 1.82) is 0 Å². The van der Waals surface area contributed by atoms with E-state index in [1.807, 2.05) is 0 Å². The summed E-state index contributed by atoms with van der Waals surface area (Å²) in [7, 11) is -1.38. The fourth-order valence-corrected chi connectivity index (χ4v) is 4.78. The molecule has 2 heteroatoms. The summed E-state index contributed by atoms with van der Waals surface area (Å²) >= 11 is 0. The molecule has 0 aliphatic heterocycles. The molecular weight excluding hydrogens is 260 g/mol. The maximum atomic E-state index is 9.51. The molecule has 3 rings (SSSR count). The van der Waals surface area contributed by atoms with Crippen molar-refractivity contribution in [2.45, 2.75) is 25.6 Å². The lowest BCUT2D eigenvalue weighted by atomic mass is 9.93. The van der Waals surface area contributed by atoms with Gasteiger partial charge in [-0.25, -0.2) is 0 Å². The molecule has 0 amide bonds. The van der Waals surface area contributed by atoms with E-state index in [0.717, 1.165) is 0 Å². The lowest BCUT2D eigenvalue weighted by Gasteiger charge is -2.26. The molecule has 1 aliphatic carbocycles. The van der Waals surface area contributed by atoms with Crippen LogP contribution in [0.4, 0.5) is 0 Å². The lowest BCUT2D eigenvalue weighted by Crippen LogP contribution is -2.27. The molecule has 0 heterocycles. The van der Waals surface area contributed by atoms with Crippen molar-refractivity contribution < 1.29 is 5.11 Å². The first kappa shape index (κ1) is 13.2. The van der Waals surface area contributed by atoms with Gasteiger partial charge in [0.15, 0.2) is 0 Å². The van der Waals surface area contributed by atoms with Crippen molar-refractivity contribution in [2.75, 3.05) is 0 Å². The molecule has 102 valence electrons. The van der Waals surface area contributed by atoms with Crippen LogP contribution in [0.5, 0.6) is 5.75 Å². The highest BCUT2D eigenvalue weighted by Gasteiger charge is 2.34. The molecule has 1 nitrogen and oxygen atoms in total. The molecule has 0 radical (unpaired) electrons. The average Bonchev–Trinajstić information content (AvgIpc) is 2.79. The lowest BCUT2D eigenvalue weighted by molar-refractivity contribution is 0.475. The van der Waals surface area contributed by atoms with Crippen LogP contribution in [0.3, 0.4) is 0 Å². The Labute approximate surface area is 121 Å². The molecule has 1 aliphatic rings. The van der Waals surface area contributed by atoms with Gasteiger partial charge in [-0.1, -0.05) is 67.3 Å². The molecule has 1 atom stereocenters. The predicted molar refractivity (Wildman–Crippen MR) is 87.7 cm³/mol. The standard InChI is InChI=1S/C18H20OSi/c1-20(2,3)17-12-14-6-4-5-7-16(14)18(17)13-8-10-15(19)11-9-13/h4-12,18-19H,1-3H3. The monoisotopic (exact) mass is 280 g/mol. The second kappa shape index (κ2) is 4.64. The molecule has 0 saturated carbocycles. The van der Waals surface area contributed by atoms with Crippen molar-refractivity contribution in [3.63, 3.8) is 0 Å². The molecule has 0 spiro atoms. The number of fused-ring (bicyclic) bond motifs is 1. The summed E-state index contributed by atoms with van der Waals surface area (Å²) < 4.78 is 0. The predicted octanol–water partition coefficient (Wildman–Crippen LogP) is 4.80. The molecule has 2 aromatic rings. The number of phenolic OH excluding ortho intramolecular Hbond substituents is 1. The highest BCUT2D eigenvalue weighted by atomic mass is 28.3. The average molecular weight is 280 g/mol.